The van der Waals surface area contributed by atoms with Crippen LogP contribution in [-0.2, 0) is 24.9 Å². The largest absolute Gasteiger partial charge is 0.309 e. The maximum Gasteiger partial charge on any atom is 0.259 e. The molecule has 5 rings (SSSR count). The van der Waals surface area contributed by atoms with E-state index in [0.717, 1.165) is 53.2 Å². The second-order valence-corrected chi connectivity index (χ2v) is 9.22. The number of hydrogen-bond donors (Lipinski definition) is 2. The van der Waals surface area contributed by atoms with Gasteiger partial charge in [0.05, 0.1) is 11.9 Å². The van der Waals surface area contributed by atoms with Crippen LogP contribution in [0.15, 0.2) is 29.1 Å². The summed E-state index contributed by atoms with van der Waals surface area (Å²) in [6.45, 7) is 0.566. The summed E-state index contributed by atoms with van der Waals surface area (Å²) in [6, 6.07) is 8.14. The molecule has 1 aromatic carbocycles. The molecule has 0 spiro atoms. The molecule has 0 amide bonds. The van der Waals surface area contributed by atoms with E-state index in [1.165, 1.54) is 28.8 Å². The molecule has 140 valence electrons. The predicted octanol–water partition coefficient (Wildman–Crippen LogP) is 4.69. The Morgan fingerprint density at radius 1 is 1.15 bits per heavy atom. The highest BCUT2D eigenvalue weighted by atomic mass is 35.5. The minimum absolute atomic E-state index is 0.0168. The lowest BCUT2D eigenvalue weighted by Gasteiger charge is -2.31. The van der Waals surface area contributed by atoms with Crippen LogP contribution in [0, 0.1) is 0 Å². The van der Waals surface area contributed by atoms with Gasteiger partial charge in [0.15, 0.2) is 0 Å². The van der Waals surface area contributed by atoms with Crippen molar-refractivity contribution in [3.05, 3.63) is 61.5 Å². The molecular formula is C21H22ClN3OS. The number of H-pyrrole nitrogens is 1. The molecule has 0 aliphatic heterocycles. The smallest absolute Gasteiger partial charge is 0.259 e. The Balaban J connectivity index is 1.44. The zero-order valence-corrected chi connectivity index (χ0v) is 16.7. The molecule has 2 aromatic heterocycles. The SMILES string of the molecule is O=c1[nH]c(CNC2(c3ccc(Cl)cc3)CCCC2)nc2sc3c(c12)CCC3. The van der Waals surface area contributed by atoms with Crippen molar-refractivity contribution in [2.45, 2.75) is 57.0 Å². The van der Waals surface area contributed by atoms with Gasteiger partial charge < -0.3 is 10.3 Å². The van der Waals surface area contributed by atoms with Crippen LogP contribution in [0.2, 0.25) is 5.02 Å². The molecule has 3 aromatic rings. The second kappa shape index (κ2) is 6.73. The predicted molar refractivity (Wildman–Crippen MR) is 111 cm³/mol. The number of nitrogens with zero attached hydrogens (tertiary/aromatic N) is 1. The van der Waals surface area contributed by atoms with E-state index in [-0.39, 0.29) is 11.1 Å². The van der Waals surface area contributed by atoms with Gasteiger partial charge in [-0.15, -0.1) is 11.3 Å². The van der Waals surface area contributed by atoms with E-state index < -0.39 is 0 Å². The molecule has 4 nitrogen and oxygen atoms in total. The lowest BCUT2D eigenvalue weighted by Crippen LogP contribution is -2.40. The number of aromatic nitrogens is 2. The molecule has 0 atom stereocenters. The molecule has 1 saturated carbocycles. The summed E-state index contributed by atoms with van der Waals surface area (Å²) in [7, 11) is 0. The number of fused-ring (bicyclic) bond motifs is 3. The third kappa shape index (κ3) is 3.02. The van der Waals surface area contributed by atoms with Gasteiger partial charge in [0.25, 0.3) is 5.56 Å². The van der Waals surface area contributed by atoms with Crippen molar-refractivity contribution in [2.24, 2.45) is 0 Å². The highest BCUT2D eigenvalue weighted by molar-refractivity contribution is 7.18. The van der Waals surface area contributed by atoms with Gasteiger partial charge in [0.2, 0.25) is 0 Å². The van der Waals surface area contributed by atoms with Crippen LogP contribution >= 0.6 is 22.9 Å². The molecule has 2 aliphatic carbocycles. The summed E-state index contributed by atoms with van der Waals surface area (Å²) in [5, 5.41) is 5.30. The summed E-state index contributed by atoms with van der Waals surface area (Å²) < 4.78 is 0. The first-order chi connectivity index (χ1) is 13.1. The van der Waals surface area contributed by atoms with Crippen molar-refractivity contribution in [3.8, 4) is 0 Å². The Hall–Kier alpha value is -1.69. The highest BCUT2D eigenvalue weighted by Crippen LogP contribution is 2.39. The fourth-order valence-corrected chi connectivity index (χ4v) is 6.11. The van der Waals surface area contributed by atoms with Crippen molar-refractivity contribution < 1.29 is 0 Å². The standard InChI is InChI=1S/C21H22ClN3OS/c22-14-8-6-13(7-9-14)21(10-1-2-11-21)23-12-17-24-19(26)18-15-4-3-5-16(15)27-20(18)25-17/h6-9,23H,1-5,10-12H2,(H,24,25,26). The van der Waals surface area contributed by atoms with Gasteiger partial charge in [-0.1, -0.05) is 36.6 Å². The van der Waals surface area contributed by atoms with Gasteiger partial charge in [-0.2, -0.15) is 0 Å². The average molecular weight is 400 g/mol. The van der Waals surface area contributed by atoms with E-state index in [4.69, 9.17) is 16.6 Å². The third-order valence-electron chi connectivity index (χ3n) is 6.07. The van der Waals surface area contributed by atoms with Gasteiger partial charge in [-0.05, 0) is 55.4 Å². The quantitative estimate of drug-likeness (QED) is 0.669. The molecular weight excluding hydrogens is 378 g/mol. The van der Waals surface area contributed by atoms with Crippen molar-refractivity contribution in [2.75, 3.05) is 0 Å². The average Bonchev–Trinajstić information content (AvgIpc) is 3.36. The Labute approximate surface area is 167 Å². The van der Waals surface area contributed by atoms with Crippen LogP contribution in [0.5, 0.6) is 0 Å². The highest BCUT2D eigenvalue weighted by Gasteiger charge is 2.35. The molecule has 0 unspecified atom stereocenters. The van der Waals surface area contributed by atoms with Gasteiger partial charge >= 0.3 is 0 Å². The van der Waals surface area contributed by atoms with Crippen LogP contribution in [0.3, 0.4) is 0 Å². The van der Waals surface area contributed by atoms with Crippen LogP contribution in [0.4, 0.5) is 0 Å². The van der Waals surface area contributed by atoms with Crippen LogP contribution in [0.25, 0.3) is 10.2 Å². The van der Waals surface area contributed by atoms with Gasteiger partial charge in [0.1, 0.15) is 10.7 Å². The second-order valence-electron chi connectivity index (χ2n) is 7.70. The Kier molecular flexibility index (Phi) is 4.34. The first kappa shape index (κ1) is 17.4. The number of thiophene rings is 1. The minimum atomic E-state index is -0.0602. The summed E-state index contributed by atoms with van der Waals surface area (Å²) >= 11 is 7.77. The summed E-state index contributed by atoms with van der Waals surface area (Å²) in [4.78, 5) is 22.7. The molecule has 27 heavy (non-hydrogen) atoms. The molecule has 2 heterocycles. The van der Waals surface area contributed by atoms with E-state index in [1.807, 2.05) is 12.1 Å². The number of rotatable bonds is 4. The van der Waals surface area contributed by atoms with Crippen molar-refractivity contribution in [1.82, 2.24) is 15.3 Å². The molecule has 2 N–H and O–H groups in total. The lowest BCUT2D eigenvalue weighted by atomic mass is 9.88. The normalized spacial score (nSPS) is 18.3. The molecule has 6 heteroatoms. The van der Waals surface area contributed by atoms with Gasteiger partial charge in [-0.3, -0.25) is 4.79 Å². The van der Waals surface area contributed by atoms with Crippen LogP contribution in [-0.4, -0.2) is 9.97 Å². The monoisotopic (exact) mass is 399 g/mol. The number of benzene rings is 1. The summed E-state index contributed by atoms with van der Waals surface area (Å²) in [6.07, 6.45) is 7.85. The zero-order valence-electron chi connectivity index (χ0n) is 15.1. The molecule has 0 bridgehead atoms. The van der Waals surface area contributed by atoms with E-state index in [9.17, 15) is 4.79 Å². The molecule has 2 aliphatic rings. The number of hydrogen-bond acceptors (Lipinski definition) is 4. The fourth-order valence-electron chi connectivity index (χ4n) is 4.70. The number of aromatic amines is 1. The number of aryl methyl sites for hydroxylation is 2. The van der Waals surface area contributed by atoms with Crippen LogP contribution in [0.1, 0.15) is 53.9 Å². The van der Waals surface area contributed by atoms with Crippen molar-refractivity contribution in [1.29, 1.82) is 0 Å². The molecule has 1 fully saturated rings. The van der Waals surface area contributed by atoms with Gasteiger partial charge in [0, 0.05) is 15.4 Å². The maximum absolute atomic E-state index is 12.7. The minimum Gasteiger partial charge on any atom is -0.309 e. The first-order valence-corrected chi connectivity index (χ1v) is 10.9. The lowest BCUT2D eigenvalue weighted by molar-refractivity contribution is 0.335. The summed E-state index contributed by atoms with van der Waals surface area (Å²) in [5.41, 5.74) is 2.46. The van der Waals surface area contributed by atoms with Crippen molar-refractivity contribution in [3.63, 3.8) is 0 Å². The molecule has 0 saturated heterocycles. The summed E-state index contributed by atoms with van der Waals surface area (Å²) in [5.74, 6) is 0.729. The van der Waals surface area contributed by atoms with Gasteiger partial charge in [-0.25, -0.2) is 4.98 Å². The van der Waals surface area contributed by atoms with E-state index in [2.05, 4.69) is 22.4 Å². The topological polar surface area (TPSA) is 57.8 Å². The molecule has 0 radical (unpaired) electrons. The fraction of sp³-hybridized carbons (Fsp3) is 0.429. The Morgan fingerprint density at radius 3 is 2.70 bits per heavy atom. The van der Waals surface area contributed by atoms with E-state index >= 15 is 0 Å². The zero-order chi connectivity index (χ0) is 18.4. The first-order valence-electron chi connectivity index (χ1n) is 9.69. The Morgan fingerprint density at radius 2 is 1.93 bits per heavy atom. The Bertz CT molecular complexity index is 1050. The third-order valence-corrected chi connectivity index (χ3v) is 7.51. The number of nitrogens with one attached hydrogen (secondary N) is 2. The van der Waals surface area contributed by atoms with E-state index in [1.54, 1.807) is 11.3 Å². The number of halogens is 1. The van der Waals surface area contributed by atoms with Crippen LogP contribution < -0.4 is 10.9 Å². The van der Waals surface area contributed by atoms with E-state index in [0.29, 0.717) is 6.54 Å². The van der Waals surface area contributed by atoms with Crippen molar-refractivity contribution >= 4 is 33.2 Å². The maximum atomic E-state index is 12.7.